The summed E-state index contributed by atoms with van der Waals surface area (Å²) >= 11 is 0. The number of hydrogen-bond acceptors (Lipinski definition) is 2. The monoisotopic (exact) mass is 274 g/mol. The number of piperidine rings is 1. The molecule has 1 aliphatic rings. The smallest absolute Gasteiger partial charge is 0.229 e. The summed E-state index contributed by atoms with van der Waals surface area (Å²) in [5, 5.41) is 3.30. The molecule has 0 radical (unpaired) electrons. The third kappa shape index (κ3) is 3.40. The van der Waals surface area contributed by atoms with Crippen molar-refractivity contribution in [3.8, 4) is 0 Å². The van der Waals surface area contributed by atoms with Gasteiger partial charge in [-0.05, 0) is 49.0 Å². The number of nitrogens with zero attached hydrogens (tertiary/aromatic N) is 1. The number of hydrogen-bond donors (Lipinski definition) is 1. The molecule has 1 aromatic carbocycles. The molecule has 1 saturated heterocycles. The number of amides is 1. The molecular weight excluding hydrogens is 248 g/mol. The normalized spacial score (nSPS) is 17.0. The van der Waals surface area contributed by atoms with E-state index >= 15 is 0 Å². The molecular formula is C17H26N2O. The van der Waals surface area contributed by atoms with Gasteiger partial charge in [-0.1, -0.05) is 32.9 Å². The Hall–Kier alpha value is -1.35. The number of nitrogens with one attached hydrogen (secondary N) is 1. The molecule has 3 heteroatoms. The summed E-state index contributed by atoms with van der Waals surface area (Å²) in [5.74, 6) is 0.415. The van der Waals surface area contributed by atoms with Gasteiger partial charge in [0.1, 0.15) is 0 Å². The quantitative estimate of drug-likeness (QED) is 0.899. The Labute approximate surface area is 122 Å². The van der Waals surface area contributed by atoms with E-state index in [9.17, 15) is 4.79 Å². The van der Waals surface area contributed by atoms with Crippen molar-refractivity contribution < 1.29 is 4.79 Å². The van der Waals surface area contributed by atoms with Crippen molar-refractivity contribution in [1.29, 1.82) is 0 Å². The van der Waals surface area contributed by atoms with Gasteiger partial charge in [-0.3, -0.25) is 4.79 Å². The third-order valence-corrected chi connectivity index (χ3v) is 4.14. The summed E-state index contributed by atoms with van der Waals surface area (Å²) in [7, 11) is 1.89. The molecule has 0 spiro atoms. The first kappa shape index (κ1) is 15.0. The van der Waals surface area contributed by atoms with Crippen LogP contribution in [0.5, 0.6) is 0 Å². The van der Waals surface area contributed by atoms with Crippen LogP contribution in [0.4, 0.5) is 5.69 Å². The molecule has 0 unspecified atom stereocenters. The molecule has 1 amide bonds. The maximum absolute atomic E-state index is 12.5. The Morgan fingerprint density at radius 2 is 1.70 bits per heavy atom. The molecule has 1 aliphatic heterocycles. The summed E-state index contributed by atoms with van der Waals surface area (Å²) in [4.78, 5) is 14.3. The summed E-state index contributed by atoms with van der Waals surface area (Å²) in [5.41, 5.74) is 2.43. The summed E-state index contributed by atoms with van der Waals surface area (Å²) in [6.45, 7) is 8.50. The molecule has 110 valence electrons. The first-order valence-corrected chi connectivity index (χ1v) is 7.48. The van der Waals surface area contributed by atoms with Crippen LogP contribution in [0.1, 0.15) is 39.2 Å². The minimum atomic E-state index is 0.149. The van der Waals surface area contributed by atoms with E-state index < -0.39 is 0 Å². The van der Waals surface area contributed by atoms with Crippen LogP contribution in [0.25, 0.3) is 0 Å². The van der Waals surface area contributed by atoms with Crippen LogP contribution in [0, 0.1) is 5.92 Å². The van der Waals surface area contributed by atoms with Crippen molar-refractivity contribution in [3.05, 3.63) is 29.8 Å². The molecule has 1 aromatic rings. The average molecular weight is 274 g/mol. The maximum atomic E-state index is 12.5. The van der Waals surface area contributed by atoms with E-state index in [-0.39, 0.29) is 17.2 Å². The Balaban J connectivity index is 2.08. The minimum absolute atomic E-state index is 0.149. The SMILES string of the molecule is CN(C(=O)C1CCNCC1)c1ccc(C(C)(C)C)cc1. The number of carbonyl (C=O) groups is 1. The van der Waals surface area contributed by atoms with Crippen molar-refractivity contribution in [1.82, 2.24) is 5.32 Å². The zero-order valence-electron chi connectivity index (χ0n) is 13.1. The fourth-order valence-corrected chi connectivity index (χ4v) is 2.66. The minimum Gasteiger partial charge on any atom is -0.317 e. The Morgan fingerprint density at radius 1 is 1.15 bits per heavy atom. The molecule has 0 atom stereocenters. The van der Waals surface area contributed by atoms with Gasteiger partial charge in [-0.15, -0.1) is 0 Å². The Kier molecular flexibility index (Phi) is 4.48. The lowest BCUT2D eigenvalue weighted by Crippen LogP contribution is -2.39. The van der Waals surface area contributed by atoms with Crippen LogP contribution in [0.3, 0.4) is 0 Å². The van der Waals surface area contributed by atoms with Gasteiger partial charge < -0.3 is 10.2 Å². The first-order valence-electron chi connectivity index (χ1n) is 7.48. The van der Waals surface area contributed by atoms with E-state index in [1.807, 2.05) is 11.9 Å². The molecule has 0 saturated carbocycles. The molecule has 0 aromatic heterocycles. The lowest BCUT2D eigenvalue weighted by Gasteiger charge is -2.27. The van der Waals surface area contributed by atoms with Gasteiger partial charge in [0.2, 0.25) is 5.91 Å². The highest BCUT2D eigenvalue weighted by atomic mass is 16.2. The van der Waals surface area contributed by atoms with Crippen LogP contribution in [-0.4, -0.2) is 26.0 Å². The van der Waals surface area contributed by atoms with Crippen molar-refractivity contribution in [3.63, 3.8) is 0 Å². The molecule has 2 rings (SSSR count). The Bertz CT molecular complexity index is 453. The van der Waals surface area contributed by atoms with Crippen LogP contribution >= 0.6 is 0 Å². The van der Waals surface area contributed by atoms with Gasteiger partial charge in [-0.25, -0.2) is 0 Å². The second kappa shape index (κ2) is 5.96. The number of rotatable bonds is 2. The van der Waals surface area contributed by atoms with Gasteiger partial charge in [-0.2, -0.15) is 0 Å². The number of anilines is 1. The van der Waals surface area contributed by atoms with Crippen LogP contribution in [0.15, 0.2) is 24.3 Å². The topological polar surface area (TPSA) is 32.3 Å². The van der Waals surface area contributed by atoms with Crippen molar-refractivity contribution in [2.24, 2.45) is 5.92 Å². The standard InChI is InChI=1S/C17H26N2O/c1-17(2,3)14-5-7-15(8-6-14)19(4)16(20)13-9-11-18-12-10-13/h5-8,13,18H,9-12H2,1-4H3. The molecule has 0 aliphatic carbocycles. The zero-order valence-corrected chi connectivity index (χ0v) is 13.1. The summed E-state index contributed by atoms with van der Waals surface area (Å²) in [6, 6.07) is 8.36. The largest absolute Gasteiger partial charge is 0.317 e. The highest BCUT2D eigenvalue weighted by molar-refractivity contribution is 5.94. The molecule has 1 N–H and O–H groups in total. The highest BCUT2D eigenvalue weighted by Gasteiger charge is 2.24. The number of benzene rings is 1. The lowest BCUT2D eigenvalue weighted by molar-refractivity contribution is -0.122. The van der Waals surface area contributed by atoms with Crippen LogP contribution < -0.4 is 10.2 Å². The van der Waals surface area contributed by atoms with E-state index in [2.05, 4.69) is 50.4 Å². The van der Waals surface area contributed by atoms with Crippen LogP contribution in [-0.2, 0) is 10.2 Å². The highest BCUT2D eigenvalue weighted by Crippen LogP contribution is 2.26. The second-order valence-corrected chi connectivity index (χ2v) is 6.72. The van der Waals surface area contributed by atoms with Gasteiger partial charge >= 0.3 is 0 Å². The molecule has 1 heterocycles. The van der Waals surface area contributed by atoms with E-state index in [0.29, 0.717) is 0 Å². The van der Waals surface area contributed by atoms with Gasteiger partial charge in [0.15, 0.2) is 0 Å². The second-order valence-electron chi connectivity index (χ2n) is 6.72. The van der Waals surface area contributed by atoms with E-state index in [0.717, 1.165) is 31.6 Å². The van der Waals surface area contributed by atoms with Crippen molar-refractivity contribution in [2.45, 2.75) is 39.0 Å². The molecule has 20 heavy (non-hydrogen) atoms. The third-order valence-electron chi connectivity index (χ3n) is 4.14. The van der Waals surface area contributed by atoms with Crippen LogP contribution in [0.2, 0.25) is 0 Å². The van der Waals surface area contributed by atoms with Gasteiger partial charge in [0, 0.05) is 18.7 Å². The average Bonchev–Trinajstić information content (AvgIpc) is 2.46. The van der Waals surface area contributed by atoms with Crippen molar-refractivity contribution in [2.75, 3.05) is 25.0 Å². The summed E-state index contributed by atoms with van der Waals surface area (Å²) in [6.07, 6.45) is 1.90. The molecule has 0 bridgehead atoms. The van der Waals surface area contributed by atoms with Crippen molar-refractivity contribution >= 4 is 11.6 Å². The lowest BCUT2D eigenvalue weighted by atomic mass is 9.87. The molecule has 3 nitrogen and oxygen atoms in total. The maximum Gasteiger partial charge on any atom is 0.229 e. The predicted molar refractivity (Wildman–Crippen MR) is 84.1 cm³/mol. The number of carbonyl (C=O) groups excluding carboxylic acids is 1. The van der Waals surface area contributed by atoms with E-state index in [1.165, 1.54) is 5.56 Å². The first-order chi connectivity index (χ1) is 9.39. The predicted octanol–water partition coefficient (Wildman–Crippen LogP) is 2.95. The summed E-state index contributed by atoms with van der Waals surface area (Å²) < 4.78 is 0. The fraction of sp³-hybridized carbons (Fsp3) is 0.588. The van der Waals surface area contributed by atoms with Gasteiger partial charge in [0.25, 0.3) is 0 Å². The Morgan fingerprint density at radius 3 is 2.20 bits per heavy atom. The zero-order chi connectivity index (χ0) is 14.8. The fourth-order valence-electron chi connectivity index (χ4n) is 2.66. The van der Waals surface area contributed by atoms with E-state index in [4.69, 9.17) is 0 Å². The van der Waals surface area contributed by atoms with Gasteiger partial charge in [0.05, 0.1) is 0 Å². The molecule has 1 fully saturated rings. The van der Waals surface area contributed by atoms with E-state index in [1.54, 1.807) is 0 Å².